The highest BCUT2D eigenvalue weighted by molar-refractivity contribution is 7.09. The average molecular weight is 285 g/mol. The van der Waals surface area contributed by atoms with Crippen molar-refractivity contribution in [2.45, 2.75) is 26.4 Å². The van der Waals surface area contributed by atoms with Gasteiger partial charge in [-0.05, 0) is 31.5 Å². The largest absolute Gasteiger partial charge is 0.304 e. The van der Waals surface area contributed by atoms with Gasteiger partial charge in [0, 0.05) is 28.7 Å². The second-order valence-corrected chi connectivity index (χ2v) is 5.50. The summed E-state index contributed by atoms with van der Waals surface area (Å²) in [5.74, 6) is -0.313. The third-order valence-electron chi connectivity index (χ3n) is 2.66. The van der Waals surface area contributed by atoms with Crippen molar-refractivity contribution in [1.82, 2.24) is 10.3 Å². The minimum Gasteiger partial charge on any atom is -0.304 e. The Hall–Kier alpha value is -0.970. The summed E-state index contributed by atoms with van der Waals surface area (Å²) in [5.41, 5.74) is 1.93. The molecule has 0 aliphatic rings. The van der Waals surface area contributed by atoms with Gasteiger partial charge in [-0.15, -0.1) is 11.3 Å². The first-order valence-corrected chi connectivity index (χ1v) is 6.91. The number of halogens is 2. The smallest absolute Gasteiger partial charge is 0.124 e. The lowest BCUT2D eigenvalue weighted by Crippen LogP contribution is -2.18. The molecular weight excluding hydrogens is 271 g/mol. The van der Waals surface area contributed by atoms with E-state index in [4.69, 9.17) is 11.6 Å². The molecule has 2 rings (SSSR count). The van der Waals surface area contributed by atoms with Crippen LogP contribution in [-0.4, -0.2) is 4.98 Å². The van der Waals surface area contributed by atoms with E-state index in [0.717, 1.165) is 16.3 Å². The fraction of sp³-hybridized carbons (Fsp3) is 0.308. The molecule has 1 heterocycles. The van der Waals surface area contributed by atoms with Crippen LogP contribution < -0.4 is 5.32 Å². The molecule has 0 radical (unpaired) electrons. The van der Waals surface area contributed by atoms with E-state index in [-0.39, 0.29) is 11.9 Å². The van der Waals surface area contributed by atoms with Crippen LogP contribution in [0.2, 0.25) is 5.02 Å². The molecule has 0 fully saturated rings. The summed E-state index contributed by atoms with van der Waals surface area (Å²) in [5, 5.41) is 6.84. The number of nitrogens with one attached hydrogen (secondary N) is 1. The van der Waals surface area contributed by atoms with Gasteiger partial charge < -0.3 is 5.32 Å². The SMILES string of the molecule is Cc1csc(CNC(C)c2ccc(F)cc2Cl)n1. The van der Waals surface area contributed by atoms with Crippen LogP contribution in [0.15, 0.2) is 23.6 Å². The lowest BCUT2D eigenvalue weighted by Gasteiger charge is -2.14. The fourth-order valence-corrected chi connectivity index (χ4v) is 2.74. The molecule has 1 N–H and O–H groups in total. The number of aryl methyl sites for hydroxylation is 1. The monoisotopic (exact) mass is 284 g/mol. The molecule has 0 aliphatic carbocycles. The van der Waals surface area contributed by atoms with Crippen molar-refractivity contribution in [1.29, 1.82) is 0 Å². The molecule has 1 aromatic heterocycles. The maximum atomic E-state index is 13.0. The van der Waals surface area contributed by atoms with Gasteiger partial charge >= 0.3 is 0 Å². The van der Waals surface area contributed by atoms with Crippen LogP contribution in [-0.2, 0) is 6.54 Å². The zero-order valence-corrected chi connectivity index (χ0v) is 11.8. The maximum Gasteiger partial charge on any atom is 0.124 e. The standard InChI is InChI=1S/C13H14ClFN2S/c1-8-7-18-13(17-8)6-16-9(2)11-4-3-10(15)5-12(11)14/h3-5,7,9,16H,6H2,1-2H3. The van der Waals surface area contributed by atoms with Gasteiger partial charge in [0.05, 0.1) is 0 Å². The van der Waals surface area contributed by atoms with Gasteiger partial charge in [-0.25, -0.2) is 9.37 Å². The molecule has 18 heavy (non-hydrogen) atoms. The molecule has 0 spiro atoms. The van der Waals surface area contributed by atoms with Crippen molar-refractivity contribution in [3.63, 3.8) is 0 Å². The molecular formula is C13H14ClFN2S. The second-order valence-electron chi connectivity index (χ2n) is 4.15. The Bertz CT molecular complexity index is 542. The molecule has 0 aliphatic heterocycles. The Labute approximate surface area is 115 Å². The molecule has 1 atom stereocenters. The van der Waals surface area contributed by atoms with E-state index in [1.807, 2.05) is 19.2 Å². The zero-order chi connectivity index (χ0) is 13.1. The quantitative estimate of drug-likeness (QED) is 0.914. The van der Waals surface area contributed by atoms with Crippen molar-refractivity contribution in [2.24, 2.45) is 0 Å². The molecule has 2 aromatic rings. The number of benzene rings is 1. The highest BCUT2D eigenvalue weighted by Crippen LogP contribution is 2.24. The molecule has 1 aromatic carbocycles. The molecule has 0 amide bonds. The van der Waals surface area contributed by atoms with Gasteiger partial charge in [0.1, 0.15) is 10.8 Å². The molecule has 0 bridgehead atoms. The van der Waals surface area contributed by atoms with Crippen molar-refractivity contribution < 1.29 is 4.39 Å². The summed E-state index contributed by atoms with van der Waals surface area (Å²) in [7, 11) is 0. The van der Waals surface area contributed by atoms with Crippen LogP contribution in [0, 0.1) is 12.7 Å². The lowest BCUT2D eigenvalue weighted by atomic mass is 10.1. The van der Waals surface area contributed by atoms with E-state index in [2.05, 4.69) is 10.3 Å². The Morgan fingerprint density at radius 2 is 2.28 bits per heavy atom. The van der Waals surface area contributed by atoms with Crippen molar-refractivity contribution in [3.05, 3.63) is 50.7 Å². The van der Waals surface area contributed by atoms with Gasteiger partial charge in [-0.3, -0.25) is 0 Å². The highest BCUT2D eigenvalue weighted by atomic mass is 35.5. The van der Waals surface area contributed by atoms with E-state index in [1.54, 1.807) is 17.4 Å². The molecule has 1 unspecified atom stereocenters. The molecule has 96 valence electrons. The predicted octanol–water partition coefficient (Wildman–Crippen LogP) is 4.09. The normalized spacial score (nSPS) is 12.7. The van der Waals surface area contributed by atoms with Crippen LogP contribution in [0.5, 0.6) is 0 Å². The van der Waals surface area contributed by atoms with Crippen LogP contribution in [0.1, 0.15) is 29.2 Å². The first-order chi connectivity index (χ1) is 8.56. The minimum absolute atomic E-state index is 0.0577. The number of hydrogen-bond acceptors (Lipinski definition) is 3. The van der Waals surface area contributed by atoms with E-state index in [1.165, 1.54) is 12.1 Å². The first-order valence-electron chi connectivity index (χ1n) is 5.65. The van der Waals surface area contributed by atoms with Crippen molar-refractivity contribution in [3.8, 4) is 0 Å². The summed E-state index contributed by atoms with van der Waals surface area (Å²) in [6, 6.07) is 4.53. The third kappa shape index (κ3) is 3.28. The highest BCUT2D eigenvalue weighted by Gasteiger charge is 2.10. The average Bonchev–Trinajstić information content (AvgIpc) is 2.72. The number of aromatic nitrogens is 1. The van der Waals surface area contributed by atoms with Crippen LogP contribution >= 0.6 is 22.9 Å². The second kappa shape index (κ2) is 5.78. The Morgan fingerprint density at radius 1 is 1.50 bits per heavy atom. The van der Waals surface area contributed by atoms with Crippen molar-refractivity contribution in [2.75, 3.05) is 0 Å². The summed E-state index contributed by atoms with van der Waals surface area (Å²) in [4.78, 5) is 4.38. The third-order valence-corrected chi connectivity index (χ3v) is 3.95. The van der Waals surface area contributed by atoms with Gasteiger partial charge in [0.15, 0.2) is 0 Å². The topological polar surface area (TPSA) is 24.9 Å². The Balaban J connectivity index is 2.01. The number of thiazole rings is 1. The number of hydrogen-bond donors (Lipinski definition) is 1. The lowest BCUT2D eigenvalue weighted by molar-refractivity contribution is 0.569. The van der Waals surface area contributed by atoms with Crippen LogP contribution in [0.3, 0.4) is 0 Å². The molecule has 2 nitrogen and oxygen atoms in total. The van der Waals surface area contributed by atoms with Crippen LogP contribution in [0.25, 0.3) is 0 Å². The van der Waals surface area contributed by atoms with Gasteiger partial charge in [-0.2, -0.15) is 0 Å². The summed E-state index contributed by atoms with van der Waals surface area (Å²) >= 11 is 7.64. The minimum atomic E-state index is -0.313. The first kappa shape index (κ1) is 13.5. The van der Waals surface area contributed by atoms with Crippen LogP contribution in [0.4, 0.5) is 4.39 Å². The number of rotatable bonds is 4. The molecule has 0 saturated carbocycles. The zero-order valence-electron chi connectivity index (χ0n) is 10.2. The van der Waals surface area contributed by atoms with Gasteiger partial charge in [-0.1, -0.05) is 17.7 Å². The number of nitrogens with zero attached hydrogens (tertiary/aromatic N) is 1. The van der Waals surface area contributed by atoms with Gasteiger partial charge in [0.2, 0.25) is 0 Å². The van der Waals surface area contributed by atoms with Gasteiger partial charge in [0.25, 0.3) is 0 Å². The Morgan fingerprint density at radius 3 is 2.89 bits per heavy atom. The summed E-state index contributed by atoms with van der Waals surface area (Å²) in [6.45, 7) is 4.66. The fourth-order valence-electron chi connectivity index (χ4n) is 1.69. The summed E-state index contributed by atoms with van der Waals surface area (Å²) in [6.07, 6.45) is 0. The van der Waals surface area contributed by atoms with Crippen molar-refractivity contribution >= 4 is 22.9 Å². The molecule has 0 saturated heterocycles. The van der Waals surface area contributed by atoms with E-state index < -0.39 is 0 Å². The summed E-state index contributed by atoms with van der Waals surface area (Å²) < 4.78 is 13.0. The Kier molecular flexibility index (Phi) is 4.32. The van der Waals surface area contributed by atoms with E-state index in [9.17, 15) is 4.39 Å². The maximum absolute atomic E-state index is 13.0. The predicted molar refractivity (Wildman–Crippen MR) is 73.5 cm³/mol. The van der Waals surface area contributed by atoms with E-state index >= 15 is 0 Å². The molecule has 5 heteroatoms. The van der Waals surface area contributed by atoms with E-state index in [0.29, 0.717) is 11.6 Å².